The molecule has 0 spiro atoms. The van der Waals surface area contributed by atoms with E-state index >= 15 is 0 Å². The molecule has 1 saturated heterocycles. The fourth-order valence-electron chi connectivity index (χ4n) is 2.80. The Labute approximate surface area is 110 Å². The molecule has 2 rings (SSSR count). The van der Waals surface area contributed by atoms with Crippen LogP contribution in [0.1, 0.15) is 51.3 Å². The fraction of sp³-hybridized carbons (Fsp3) is 0.786. The lowest BCUT2D eigenvalue weighted by molar-refractivity contribution is 0.0964. The van der Waals surface area contributed by atoms with E-state index in [-0.39, 0.29) is 11.6 Å². The third-order valence-electron chi connectivity index (χ3n) is 4.24. The van der Waals surface area contributed by atoms with Gasteiger partial charge in [-0.1, -0.05) is 12.8 Å². The van der Waals surface area contributed by atoms with Crippen LogP contribution in [0.2, 0.25) is 0 Å². The van der Waals surface area contributed by atoms with E-state index in [2.05, 4.69) is 23.8 Å². The maximum atomic E-state index is 6.45. The number of aromatic nitrogens is 2. The topological polar surface area (TPSA) is 47.1 Å². The Morgan fingerprint density at radius 2 is 1.83 bits per heavy atom. The van der Waals surface area contributed by atoms with E-state index in [1.807, 2.05) is 24.0 Å². The number of aryl methyl sites for hydroxylation is 1. The van der Waals surface area contributed by atoms with Gasteiger partial charge in [-0.25, -0.2) is 0 Å². The van der Waals surface area contributed by atoms with Crippen LogP contribution in [0.5, 0.6) is 0 Å². The Balaban J connectivity index is 2.13. The van der Waals surface area contributed by atoms with Crippen LogP contribution in [0.3, 0.4) is 0 Å². The second kappa shape index (κ2) is 5.41. The second-order valence-electron chi connectivity index (χ2n) is 5.95. The summed E-state index contributed by atoms with van der Waals surface area (Å²) in [4.78, 5) is 2.54. The van der Waals surface area contributed by atoms with Crippen molar-refractivity contribution >= 4 is 0 Å². The van der Waals surface area contributed by atoms with Gasteiger partial charge in [-0.05, 0) is 45.8 Å². The van der Waals surface area contributed by atoms with Gasteiger partial charge in [0.2, 0.25) is 0 Å². The van der Waals surface area contributed by atoms with Gasteiger partial charge in [0.15, 0.2) is 0 Å². The van der Waals surface area contributed by atoms with Crippen LogP contribution < -0.4 is 5.73 Å². The quantitative estimate of drug-likeness (QED) is 0.893. The molecule has 0 aromatic carbocycles. The zero-order valence-corrected chi connectivity index (χ0v) is 11.9. The van der Waals surface area contributed by atoms with Crippen LogP contribution >= 0.6 is 0 Å². The van der Waals surface area contributed by atoms with Crippen molar-refractivity contribution in [1.82, 2.24) is 14.7 Å². The molecule has 2 heterocycles. The van der Waals surface area contributed by atoms with E-state index < -0.39 is 0 Å². The maximum Gasteiger partial charge on any atom is 0.0810 e. The summed E-state index contributed by atoms with van der Waals surface area (Å²) in [5, 5.41) is 4.46. The average molecular weight is 250 g/mol. The number of hydrogen-bond acceptors (Lipinski definition) is 3. The third-order valence-corrected chi connectivity index (χ3v) is 4.24. The summed E-state index contributed by atoms with van der Waals surface area (Å²) in [6, 6.07) is 2.00. The Morgan fingerprint density at radius 1 is 1.22 bits per heavy atom. The van der Waals surface area contributed by atoms with Crippen molar-refractivity contribution in [2.45, 2.75) is 51.1 Å². The van der Waals surface area contributed by atoms with Crippen LogP contribution in [0.4, 0.5) is 0 Å². The molecule has 102 valence electrons. The molecule has 1 atom stereocenters. The number of nitrogens with two attached hydrogens (primary N) is 1. The molecule has 0 radical (unpaired) electrons. The van der Waals surface area contributed by atoms with Gasteiger partial charge >= 0.3 is 0 Å². The van der Waals surface area contributed by atoms with Gasteiger partial charge in [-0.3, -0.25) is 9.58 Å². The first kappa shape index (κ1) is 13.6. The van der Waals surface area contributed by atoms with Gasteiger partial charge in [-0.2, -0.15) is 5.10 Å². The van der Waals surface area contributed by atoms with Gasteiger partial charge in [0.05, 0.1) is 11.7 Å². The molecule has 4 heteroatoms. The lowest BCUT2D eigenvalue weighted by Crippen LogP contribution is -2.51. The molecule has 18 heavy (non-hydrogen) atoms. The van der Waals surface area contributed by atoms with E-state index in [0.29, 0.717) is 0 Å². The van der Waals surface area contributed by atoms with Gasteiger partial charge in [0, 0.05) is 18.8 Å². The second-order valence-corrected chi connectivity index (χ2v) is 5.95. The molecule has 0 bridgehead atoms. The smallest absolute Gasteiger partial charge is 0.0810 e. The van der Waals surface area contributed by atoms with Crippen LogP contribution in [0.15, 0.2) is 12.3 Å². The summed E-state index contributed by atoms with van der Waals surface area (Å²) < 4.78 is 1.83. The Hall–Kier alpha value is -0.870. The van der Waals surface area contributed by atoms with E-state index in [9.17, 15) is 0 Å². The molecule has 0 amide bonds. The van der Waals surface area contributed by atoms with Crippen LogP contribution in [-0.4, -0.2) is 33.3 Å². The van der Waals surface area contributed by atoms with Crippen LogP contribution in [0.25, 0.3) is 0 Å². The zero-order valence-electron chi connectivity index (χ0n) is 11.9. The summed E-state index contributed by atoms with van der Waals surface area (Å²) >= 11 is 0. The van der Waals surface area contributed by atoms with Gasteiger partial charge in [0.1, 0.15) is 0 Å². The number of rotatable bonds is 3. The summed E-state index contributed by atoms with van der Waals surface area (Å²) in [5.41, 5.74) is 7.41. The van der Waals surface area contributed by atoms with Crippen LogP contribution in [0, 0.1) is 0 Å². The summed E-state index contributed by atoms with van der Waals surface area (Å²) in [7, 11) is 1.94. The van der Waals surface area contributed by atoms with Crippen molar-refractivity contribution in [2.24, 2.45) is 12.8 Å². The lowest BCUT2D eigenvalue weighted by Gasteiger charge is -2.41. The first-order chi connectivity index (χ1) is 8.51. The maximum absolute atomic E-state index is 6.45. The van der Waals surface area contributed by atoms with E-state index in [1.54, 1.807) is 0 Å². The van der Waals surface area contributed by atoms with E-state index in [4.69, 9.17) is 5.73 Å². The molecular weight excluding hydrogens is 224 g/mol. The zero-order chi connectivity index (χ0) is 13.2. The monoisotopic (exact) mass is 250 g/mol. The standard InChI is InChI=1S/C14H26N4/c1-14(2,18-9-6-4-5-7-10-18)13(15)12-8-11-17(3)16-12/h8,11,13H,4-7,9-10,15H2,1-3H3. The largest absolute Gasteiger partial charge is 0.321 e. The molecular formula is C14H26N4. The summed E-state index contributed by atoms with van der Waals surface area (Å²) in [6.45, 7) is 6.82. The highest BCUT2D eigenvalue weighted by atomic mass is 15.3. The minimum Gasteiger partial charge on any atom is -0.321 e. The Kier molecular flexibility index (Phi) is 4.07. The Bertz CT molecular complexity index is 375. The number of nitrogens with zero attached hydrogens (tertiary/aromatic N) is 3. The molecule has 1 aromatic rings. The first-order valence-electron chi connectivity index (χ1n) is 7.02. The highest BCUT2D eigenvalue weighted by molar-refractivity contribution is 5.11. The molecule has 1 unspecified atom stereocenters. The predicted octanol–water partition coefficient (Wildman–Crippen LogP) is 2.07. The molecule has 1 aromatic heterocycles. The predicted molar refractivity (Wildman–Crippen MR) is 74.3 cm³/mol. The number of likely N-dealkylation sites (tertiary alicyclic amines) is 1. The van der Waals surface area contributed by atoms with E-state index in [1.165, 1.54) is 25.7 Å². The first-order valence-corrected chi connectivity index (χ1v) is 7.02. The lowest BCUT2D eigenvalue weighted by atomic mass is 9.90. The van der Waals surface area contributed by atoms with Gasteiger partial charge < -0.3 is 5.73 Å². The van der Waals surface area contributed by atoms with Gasteiger partial charge in [-0.15, -0.1) is 0 Å². The van der Waals surface area contributed by atoms with Gasteiger partial charge in [0.25, 0.3) is 0 Å². The third kappa shape index (κ3) is 2.75. The highest BCUT2D eigenvalue weighted by Gasteiger charge is 2.35. The van der Waals surface area contributed by atoms with Crippen molar-refractivity contribution in [1.29, 1.82) is 0 Å². The minimum absolute atomic E-state index is 0.0291. The Morgan fingerprint density at radius 3 is 2.33 bits per heavy atom. The van der Waals surface area contributed by atoms with Crippen molar-refractivity contribution in [3.8, 4) is 0 Å². The average Bonchev–Trinajstić information content (AvgIpc) is 2.61. The molecule has 2 N–H and O–H groups in total. The summed E-state index contributed by atoms with van der Waals surface area (Å²) in [5.74, 6) is 0. The van der Waals surface area contributed by atoms with Crippen molar-refractivity contribution < 1.29 is 0 Å². The van der Waals surface area contributed by atoms with Crippen molar-refractivity contribution in [3.05, 3.63) is 18.0 Å². The summed E-state index contributed by atoms with van der Waals surface area (Å²) in [6.07, 6.45) is 7.25. The molecule has 0 aliphatic carbocycles. The molecule has 1 fully saturated rings. The molecule has 0 saturated carbocycles. The molecule has 1 aliphatic rings. The molecule has 1 aliphatic heterocycles. The SMILES string of the molecule is Cn1ccc(C(N)C(C)(C)N2CCCCCC2)n1. The normalized spacial score (nSPS) is 20.7. The fourth-order valence-corrected chi connectivity index (χ4v) is 2.80. The van der Waals surface area contributed by atoms with Crippen LogP contribution in [-0.2, 0) is 7.05 Å². The molecule has 4 nitrogen and oxygen atoms in total. The highest BCUT2D eigenvalue weighted by Crippen LogP contribution is 2.30. The van der Waals surface area contributed by atoms with Crippen molar-refractivity contribution in [2.75, 3.05) is 13.1 Å². The van der Waals surface area contributed by atoms with Crippen molar-refractivity contribution in [3.63, 3.8) is 0 Å². The van der Waals surface area contributed by atoms with E-state index in [0.717, 1.165) is 18.8 Å². The minimum atomic E-state index is -0.0307. The number of hydrogen-bond donors (Lipinski definition) is 1.